The molecule has 5 nitrogen and oxygen atoms in total. The van der Waals surface area contributed by atoms with Crippen LogP contribution >= 0.6 is 0 Å². The van der Waals surface area contributed by atoms with Gasteiger partial charge in [-0.05, 0) is 32.7 Å². The molecule has 1 fully saturated rings. The average Bonchev–Trinajstić information content (AvgIpc) is 2.49. The summed E-state index contributed by atoms with van der Waals surface area (Å²) < 4.78 is 1.62. The van der Waals surface area contributed by atoms with E-state index in [4.69, 9.17) is 5.73 Å². The van der Waals surface area contributed by atoms with Crippen molar-refractivity contribution in [3.05, 3.63) is 5.82 Å². The number of piperidine rings is 1. The molecule has 5 heteroatoms. The number of hydrogen-bond donors (Lipinski definition) is 2. The first-order valence-corrected chi connectivity index (χ1v) is 5.04. The van der Waals surface area contributed by atoms with Gasteiger partial charge in [-0.25, -0.2) is 4.68 Å². The number of hydrogen-bond acceptors (Lipinski definition) is 4. The maximum Gasteiger partial charge on any atom is 0.218 e. The number of anilines is 1. The molecule has 1 aliphatic heterocycles. The van der Waals surface area contributed by atoms with Crippen LogP contribution < -0.4 is 11.1 Å². The van der Waals surface area contributed by atoms with Crippen molar-refractivity contribution in [1.29, 1.82) is 0 Å². The Kier molecular flexibility index (Phi) is 2.19. The fourth-order valence-electron chi connectivity index (χ4n) is 1.88. The Morgan fingerprint density at radius 3 is 2.79 bits per heavy atom. The highest BCUT2D eigenvalue weighted by Gasteiger charge is 2.32. The predicted octanol–water partition coefficient (Wildman–Crippen LogP) is 0.386. The summed E-state index contributed by atoms with van der Waals surface area (Å²) in [6.45, 7) is 3.18. The van der Waals surface area contributed by atoms with Gasteiger partial charge in [-0.1, -0.05) is 0 Å². The van der Waals surface area contributed by atoms with E-state index in [1.54, 1.807) is 4.68 Å². The molecule has 0 amide bonds. The van der Waals surface area contributed by atoms with E-state index in [9.17, 15) is 0 Å². The molecular formula is C9H17N5. The van der Waals surface area contributed by atoms with Gasteiger partial charge >= 0.3 is 0 Å². The molecule has 1 unspecified atom stereocenters. The summed E-state index contributed by atoms with van der Waals surface area (Å²) in [5, 5.41) is 7.78. The Labute approximate surface area is 83.7 Å². The first-order chi connectivity index (χ1) is 6.62. The molecule has 78 valence electrons. The number of nitrogens with zero attached hydrogens (tertiary/aromatic N) is 3. The van der Waals surface area contributed by atoms with Gasteiger partial charge < -0.3 is 11.1 Å². The van der Waals surface area contributed by atoms with E-state index in [1.165, 1.54) is 12.8 Å². The minimum absolute atomic E-state index is 0.0897. The molecular weight excluding hydrogens is 178 g/mol. The second-order valence-corrected chi connectivity index (χ2v) is 4.13. The van der Waals surface area contributed by atoms with Gasteiger partial charge in [0.05, 0.1) is 5.54 Å². The van der Waals surface area contributed by atoms with Crippen molar-refractivity contribution in [2.75, 3.05) is 12.3 Å². The van der Waals surface area contributed by atoms with Gasteiger partial charge in [-0.2, -0.15) is 10.1 Å². The van der Waals surface area contributed by atoms with Crippen LogP contribution in [0.25, 0.3) is 0 Å². The lowest BCUT2D eigenvalue weighted by atomic mass is 9.90. The Morgan fingerprint density at radius 2 is 2.29 bits per heavy atom. The number of nitrogens with two attached hydrogens (primary N) is 1. The first kappa shape index (κ1) is 9.45. The molecule has 1 atom stereocenters. The molecule has 0 bridgehead atoms. The standard InChI is InChI=1S/C9H17N5/c1-9(5-3-4-6-11-9)7-12-8(10)14(2)13-7/h11H,3-6H2,1-2H3,(H2,10,12,13). The lowest BCUT2D eigenvalue weighted by Crippen LogP contribution is -2.44. The van der Waals surface area contributed by atoms with Crippen LogP contribution in [0.15, 0.2) is 0 Å². The Balaban J connectivity index is 2.28. The normalized spacial score (nSPS) is 27.9. The summed E-state index contributed by atoms with van der Waals surface area (Å²) in [6.07, 6.45) is 3.54. The number of aromatic nitrogens is 3. The zero-order valence-electron chi connectivity index (χ0n) is 8.75. The van der Waals surface area contributed by atoms with E-state index in [1.807, 2.05) is 7.05 Å². The van der Waals surface area contributed by atoms with Crippen molar-refractivity contribution in [2.45, 2.75) is 31.7 Å². The molecule has 0 aromatic carbocycles. The van der Waals surface area contributed by atoms with E-state index in [0.717, 1.165) is 18.8 Å². The van der Waals surface area contributed by atoms with Crippen molar-refractivity contribution < 1.29 is 0 Å². The molecule has 1 aliphatic rings. The molecule has 0 radical (unpaired) electrons. The van der Waals surface area contributed by atoms with E-state index in [0.29, 0.717) is 5.95 Å². The average molecular weight is 195 g/mol. The highest BCUT2D eigenvalue weighted by atomic mass is 15.4. The summed E-state index contributed by atoms with van der Waals surface area (Å²) in [6, 6.07) is 0. The van der Waals surface area contributed by atoms with Crippen LogP contribution in [-0.2, 0) is 12.6 Å². The Bertz CT molecular complexity index is 304. The predicted molar refractivity (Wildman–Crippen MR) is 54.6 cm³/mol. The molecule has 0 spiro atoms. The Hall–Kier alpha value is -1.10. The molecule has 2 heterocycles. The van der Waals surface area contributed by atoms with Gasteiger partial charge in [0.25, 0.3) is 0 Å². The SMILES string of the molecule is Cn1nc(C2(C)CCCCN2)nc1N. The first-order valence-electron chi connectivity index (χ1n) is 5.04. The van der Waals surface area contributed by atoms with Crippen LogP contribution in [0.5, 0.6) is 0 Å². The smallest absolute Gasteiger partial charge is 0.218 e. The van der Waals surface area contributed by atoms with Crippen molar-refractivity contribution in [2.24, 2.45) is 7.05 Å². The van der Waals surface area contributed by atoms with Gasteiger partial charge in [0.1, 0.15) is 0 Å². The lowest BCUT2D eigenvalue weighted by Gasteiger charge is -2.32. The summed E-state index contributed by atoms with van der Waals surface area (Å²) >= 11 is 0. The van der Waals surface area contributed by atoms with Crippen molar-refractivity contribution >= 4 is 5.95 Å². The van der Waals surface area contributed by atoms with Crippen molar-refractivity contribution in [3.63, 3.8) is 0 Å². The van der Waals surface area contributed by atoms with Crippen LogP contribution in [0.3, 0.4) is 0 Å². The quantitative estimate of drug-likeness (QED) is 0.680. The maximum absolute atomic E-state index is 5.67. The number of aryl methyl sites for hydroxylation is 1. The molecule has 3 N–H and O–H groups in total. The molecule has 2 rings (SSSR count). The van der Waals surface area contributed by atoms with Crippen LogP contribution in [0.1, 0.15) is 32.0 Å². The highest BCUT2D eigenvalue weighted by Crippen LogP contribution is 2.27. The van der Waals surface area contributed by atoms with E-state index >= 15 is 0 Å². The van der Waals surface area contributed by atoms with Gasteiger partial charge in [0.15, 0.2) is 5.82 Å². The molecule has 0 saturated carbocycles. The van der Waals surface area contributed by atoms with E-state index in [2.05, 4.69) is 22.3 Å². The third kappa shape index (κ3) is 1.48. The van der Waals surface area contributed by atoms with Crippen LogP contribution in [0, 0.1) is 0 Å². The van der Waals surface area contributed by atoms with Crippen LogP contribution in [0.2, 0.25) is 0 Å². The molecule has 1 saturated heterocycles. The Morgan fingerprint density at radius 1 is 1.50 bits per heavy atom. The summed E-state index contributed by atoms with van der Waals surface area (Å²) in [4.78, 5) is 4.27. The van der Waals surface area contributed by atoms with Crippen LogP contribution in [0.4, 0.5) is 5.95 Å². The van der Waals surface area contributed by atoms with Crippen LogP contribution in [-0.4, -0.2) is 21.3 Å². The van der Waals surface area contributed by atoms with E-state index < -0.39 is 0 Å². The largest absolute Gasteiger partial charge is 0.368 e. The topological polar surface area (TPSA) is 68.8 Å². The fourth-order valence-corrected chi connectivity index (χ4v) is 1.88. The zero-order valence-corrected chi connectivity index (χ0v) is 8.75. The fraction of sp³-hybridized carbons (Fsp3) is 0.778. The van der Waals surface area contributed by atoms with Crippen molar-refractivity contribution in [3.8, 4) is 0 Å². The summed E-state index contributed by atoms with van der Waals surface area (Å²) in [5.74, 6) is 1.30. The highest BCUT2D eigenvalue weighted by molar-refractivity contribution is 5.19. The second kappa shape index (κ2) is 3.24. The molecule has 14 heavy (non-hydrogen) atoms. The number of rotatable bonds is 1. The number of nitrogen functional groups attached to an aromatic ring is 1. The minimum Gasteiger partial charge on any atom is -0.368 e. The summed E-state index contributed by atoms with van der Waals surface area (Å²) in [5.41, 5.74) is 5.58. The third-order valence-electron chi connectivity index (χ3n) is 2.91. The zero-order chi connectivity index (χ0) is 10.2. The van der Waals surface area contributed by atoms with Gasteiger partial charge in [-0.15, -0.1) is 0 Å². The monoisotopic (exact) mass is 195 g/mol. The van der Waals surface area contributed by atoms with Crippen molar-refractivity contribution in [1.82, 2.24) is 20.1 Å². The molecule has 0 aliphatic carbocycles. The summed E-state index contributed by atoms with van der Waals surface area (Å²) in [7, 11) is 1.82. The third-order valence-corrected chi connectivity index (χ3v) is 2.91. The minimum atomic E-state index is -0.0897. The maximum atomic E-state index is 5.67. The molecule has 1 aromatic heterocycles. The lowest BCUT2D eigenvalue weighted by molar-refractivity contribution is 0.268. The number of nitrogens with one attached hydrogen (secondary N) is 1. The molecule has 1 aromatic rings. The van der Waals surface area contributed by atoms with E-state index in [-0.39, 0.29) is 5.54 Å². The van der Waals surface area contributed by atoms with Gasteiger partial charge in [0, 0.05) is 7.05 Å². The van der Waals surface area contributed by atoms with Gasteiger partial charge in [0.2, 0.25) is 5.95 Å². The van der Waals surface area contributed by atoms with Gasteiger partial charge in [-0.3, -0.25) is 0 Å². The second-order valence-electron chi connectivity index (χ2n) is 4.13.